The molecule has 1 aliphatic rings. The van der Waals surface area contributed by atoms with Crippen molar-refractivity contribution in [1.82, 2.24) is 15.2 Å². The third-order valence-corrected chi connectivity index (χ3v) is 4.55. The Labute approximate surface area is 102 Å². The highest BCUT2D eigenvalue weighted by molar-refractivity contribution is 7.09. The molecule has 2 rings (SSSR count). The normalized spacial score (nSPS) is 18.9. The quantitative estimate of drug-likeness (QED) is 0.872. The zero-order valence-electron chi connectivity index (χ0n) is 10.4. The summed E-state index contributed by atoms with van der Waals surface area (Å²) in [6.45, 7) is 11.2. The highest BCUT2D eigenvalue weighted by Gasteiger charge is 2.32. The first-order valence-electron chi connectivity index (χ1n) is 6.05. The first kappa shape index (κ1) is 12.0. The number of thiazole rings is 1. The molecule has 1 aromatic rings. The van der Waals surface area contributed by atoms with Gasteiger partial charge in [-0.25, -0.2) is 4.98 Å². The van der Waals surface area contributed by atoms with Crippen LogP contribution in [0, 0.1) is 0 Å². The molecule has 0 amide bonds. The van der Waals surface area contributed by atoms with Gasteiger partial charge >= 0.3 is 0 Å². The minimum Gasteiger partial charge on any atom is -0.314 e. The molecule has 16 heavy (non-hydrogen) atoms. The lowest BCUT2D eigenvalue weighted by Gasteiger charge is -2.39. The van der Waals surface area contributed by atoms with Gasteiger partial charge in [-0.15, -0.1) is 11.3 Å². The lowest BCUT2D eigenvalue weighted by molar-refractivity contribution is 0.102. The van der Waals surface area contributed by atoms with Crippen LogP contribution in [-0.2, 0) is 12.0 Å². The van der Waals surface area contributed by atoms with Crippen molar-refractivity contribution in [1.29, 1.82) is 0 Å². The fourth-order valence-corrected chi connectivity index (χ4v) is 3.16. The zero-order chi connectivity index (χ0) is 11.6. The Hall–Kier alpha value is -0.450. The number of rotatable bonds is 3. The van der Waals surface area contributed by atoms with Gasteiger partial charge in [-0.05, 0) is 20.3 Å². The Morgan fingerprint density at radius 3 is 2.69 bits per heavy atom. The molecule has 2 heterocycles. The van der Waals surface area contributed by atoms with Crippen LogP contribution >= 0.6 is 11.3 Å². The summed E-state index contributed by atoms with van der Waals surface area (Å²) in [5.74, 6) is 0. The second kappa shape index (κ2) is 4.82. The SMILES string of the molecule is CCc1csc(C(C)(C)N2CCNCC2)n1. The molecule has 0 spiro atoms. The first-order chi connectivity index (χ1) is 7.64. The van der Waals surface area contributed by atoms with E-state index in [4.69, 9.17) is 4.98 Å². The van der Waals surface area contributed by atoms with E-state index in [0.29, 0.717) is 0 Å². The van der Waals surface area contributed by atoms with E-state index in [-0.39, 0.29) is 5.54 Å². The fourth-order valence-electron chi connectivity index (χ4n) is 2.11. The summed E-state index contributed by atoms with van der Waals surface area (Å²) in [6, 6.07) is 0. The van der Waals surface area contributed by atoms with Crippen LogP contribution in [0.3, 0.4) is 0 Å². The average Bonchev–Trinajstić information content (AvgIpc) is 2.79. The summed E-state index contributed by atoms with van der Waals surface area (Å²) < 4.78 is 0. The van der Waals surface area contributed by atoms with Gasteiger partial charge in [0.15, 0.2) is 0 Å². The highest BCUT2D eigenvalue weighted by atomic mass is 32.1. The zero-order valence-corrected chi connectivity index (χ0v) is 11.2. The lowest BCUT2D eigenvalue weighted by atomic mass is 10.0. The molecule has 0 saturated carbocycles. The summed E-state index contributed by atoms with van der Waals surface area (Å²) in [4.78, 5) is 7.26. The molecule has 0 aliphatic carbocycles. The van der Waals surface area contributed by atoms with Crippen molar-refractivity contribution in [2.75, 3.05) is 26.2 Å². The number of piperazine rings is 1. The van der Waals surface area contributed by atoms with Crippen molar-refractivity contribution >= 4 is 11.3 Å². The number of nitrogens with one attached hydrogen (secondary N) is 1. The third-order valence-electron chi connectivity index (χ3n) is 3.34. The second-order valence-electron chi connectivity index (χ2n) is 4.79. The van der Waals surface area contributed by atoms with Gasteiger partial charge in [0.05, 0.1) is 11.2 Å². The van der Waals surface area contributed by atoms with E-state index in [1.165, 1.54) is 10.7 Å². The maximum atomic E-state index is 4.73. The predicted molar refractivity (Wildman–Crippen MR) is 69.0 cm³/mol. The molecule has 0 atom stereocenters. The summed E-state index contributed by atoms with van der Waals surface area (Å²) in [5.41, 5.74) is 1.31. The second-order valence-corrected chi connectivity index (χ2v) is 5.65. The molecule has 1 N–H and O–H groups in total. The summed E-state index contributed by atoms with van der Waals surface area (Å²) >= 11 is 1.80. The first-order valence-corrected chi connectivity index (χ1v) is 6.93. The molecule has 0 radical (unpaired) electrons. The molecular formula is C12H21N3S. The van der Waals surface area contributed by atoms with E-state index >= 15 is 0 Å². The van der Waals surface area contributed by atoms with Gasteiger partial charge in [-0.3, -0.25) is 4.90 Å². The van der Waals surface area contributed by atoms with Gasteiger partial charge in [-0.2, -0.15) is 0 Å². The molecule has 1 fully saturated rings. The summed E-state index contributed by atoms with van der Waals surface area (Å²) in [7, 11) is 0. The minimum atomic E-state index is 0.0835. The third kappa shape index (κ3) is 2.29. The maximum Gasteiger partial charge on any atom is 0.113 e. The van der Waals surface area contributed by atoms with Gasteiger partial charge < -0.3 is 5.32 Å². The maximum absolute atomic E-state index is 4.73. The molecule has 0 unspecified atom stereocenters. The molecule has 1 aliphatic heterocycles. The van der Waals surface area contributed by atoms with Gasteiger partial charge in [0.25, 0.3) is 0 Å². The topological polar surface area (TPSA) is 28.2 Å². The van der Waals surface area contributed by atoms with Gasteiger partial charge in [-0.1, -0.05) is 6.92 Å². The Balaban J connectivity index is 2.15. The van der Waals surface area contributed by atoms with Crippen molar-refractivity contribution in [3.05, 3.63) is 16.1 Å². The van der Waals surface area contributed by atoms with Gasteiger partial charge in [0.1, 0.15) is 5.01 Å². The summed E-state index contributed by atoms with van der Waals surface area (Å²) in [6.07, 6.45) is 1.04. The molecule has 1 saturated heterocycles. The van der Waals surface area contributed by atoms with E-state index in [1.54, 1.807) is 11.3 Å². The van der Waals surface area contributed by atoms with E-state index < -0.39 is 0 Å². The van der Waals surface area contributed by atoms with Crippen molar-refractivity contribution < 1.29 is 0 Å². The Bertz CT molecular complexity index is 340. The Morgan fingerprint density at radius 2 is 2.12 bits per heavy atom. The molecule has 0 aromatic carbocycles. The average molecular weight is 239 g/mol. The Kier molecular flexibility index (Phi) is 3.62. The fraction of sp³-hybridized carbons (Fsp3) is 0.750. The minimum absolute atomic E-state index is 0.0835. The number of aryl methyl sites for hydroxylation is 1. The van der Waals surface area contributed by atoms with E-state index in [0.717, 1.165) is 32.6 Å². The van der Waals surface area contributed by atoms with Crippen LogP contribution in [-0.4, -0.2) is 36.1 Å². The predicted octanol–water partition coefficient (Wildman–Crippen LogP) is 1.85. The molecule has 90 valence electrons. The molecule has 4 heteroatoms. The van der Waals surface area contributed by atoms with E-state index in [9.17, 15) is 0 Å². The number of nitrogens with zero attached hydrogens (tertiary/aromatic N) is 2. The Morgan fingerprint density at radius 1 is 1.44 bits per heavy atom. The van der Waals surface area contributed by atoms with Crippen molar-refractivity contribution in [2.45, 2.75) is 32.7 Å². The number of hydrogen-bond donors (Lipinski definition) is 1. The summed E-state index contributed by atoms with van der Waals surface area (Å²) in [5, 5.41) is 6.85. The monoisotopic (exact) mass is 239 g/mol. The van der Waals surface area contributed by atoms with E-state index in [2.05, 4.69) is 36.4 Å². The standard InChI is InChI=1S/C12H21N3S/c1-4-10-9-16-11(14-10)12(2,3)15-7-5-13-6-8-15/h9,13H,4-8H2,1-3H3. The number of aromatic nitrogens is 1. The van der Waals surface area contributed by atoms with Crippen LogP contribution < -0.4 is 5.32 Å². The van der Waals surface area contributed by atoms with Crippen molar-refractivity contribution in [3.8, 4) is 0 Å². The molecule has 3 nitrogen and oxygen atoms in total. The van der Waals surface area contributed by atoms with Gasteiger partial charge in [0.2, 0.25) is 0 Å². The van der Waals surface area contributed by atoms with Crippen LogP contribution in [0.25, 0.3) is 0 Å². The lowest BCUT2D eigenvalue weighted by Crippen LogP contribution is -2.51. The van der Waals surface area contributed by atoms with Crippen LogP contribution in [0.1, 0.15) is 31.5 Å². The van der Waals surface area contributed by atoms with Crippen LogP contribution in [0.2, 0.25) is 0 Å². The molecule has 1 aromatic heterocycles. The van der Waals surface area contributed by atoms with Crippen LogP contribution in [0.15, 0.2) is 5.38 Å². The van der Waals surface area contributed by atoms with Crippen molar-refractivity contribution in [2.24, 2.45) is 0 Å². The highest BCUT2D eigenvalue weighted by Crippen LogP contribution is 2.30. The molecular weight excluding hydrogens is 218 g/mol. The van der Waals surface area contributed by atoms with Crippen LogP contribution in [0.4, 0.5) is 0 Å². The van der Waals surface area contributed by atoms with Crippen molar-refractivity contribution in [3.63, 3.8) is 0 Å². The van der Waals surface area contributed by atoms with E-state index in [1.807, 2.05) is 0 Å². The number of hydrogen-bond acceptors (Lipinski definition) is 4. The van der Waals surface area contributed by atoms with Crippen LogP contribution in [0.5, 0.6) is 0 Å². The van der Waals surface area contributed by atoms with Gasteiger partial charge in [0, 0.05) is 31.6 Å². The largest absolute Gasteiger partial charge is 0.314 e. The smallest absolute Gasteiger partial charge is 0.113 e. The molecule has 0 bridgehead atoms.